The quantitative estimate of drug-likeness (QED) is 0.354. The van der Waals surface area contributed by atoms with Crippen LogP contribution in [-0.4, -0.2) is 8.11 Å². The van der Waals surface area contributed by atoms with E-state index in [9.17, 15) is 0 Å². The highest BCUT2D eigenvalue weighted by atomic mass is 35.6. The lowest BCUT2D eigenvalue weighted by atomic mass is 10.3. The summed E-state index contributed by atoms with van der Waals surface area (Å²) in [5.41, 5.74) is 0. The van der Waals surface area contributed by atoms with Gasteiger partial charge in [0, 0.05) is 0 Å². The summed E-state index contributed by atoms with van der Waals surface area (Å²) in [4.78, 5) is 0. The van der Waals surface area contributed by atoms with E-state index in [0.717, 1.165) is 0 Å². The fraction of sp³-hybridized carbons (Fsp3) is 1.00. The molecule has 0 aromatic heterocycles. The molecule has 7 heavy (non-hydrogen) atoms. The van der Waals surface area contributed by atoms with Crippen LogP contribution < -0.4 is 0 Å². The number of hydrogen-bond acceptors (Lipinski definition) is 0. The van der Waals surface area contributed by atoms with E-state index >= 15 is 0 Å². The summed E-state index contributed by atoms with van der Waals surface area (Å²) in [5.74, 6) is 0. The van der Waals surface area contributed by atoms with E-state index in [-0.39, 0.29) is 0 Å². The molecular weight excluding hydrogens is 124 g/mol. The second-order valence-corrected chi connectivity index (χ2v) is 7.05. The van der Waals surface area contributed by atoms with Crippen molar-refractivity contribution in [1.29, 1.82) is 0 Å². The van der Waals surface area contributed by atoms with Crippen LogP contribution in [0.1, 0.15) is 20.8 Å². The van der Waals surface area contributed by atoms with Crippen molar-refractivity contribution in [3.63, 3.8) is 0 Å². The molecule has 0 saturated carbocycles. The average molecular weight is 136 g/mol. The van der Waals surface area contributed by atoms with Gasteiger partial charge in [0.05, 0.1) is 0 Å². The zero-order chi connectivity index (χ0) is 6.08. The van der Waals surface area contributed by atoms with Gasteiger partial charge in [0.15, 0.2) is 8.11 Å². The summed E-state index contributed by atoms with van der Waals surface area (Å²) in [6.07, 6.45) is 0. The van der Waals surface area contributed by atoms with Crippen LogP contribution >= 0.6 is 11.1 Å². The minimum absolute atomic E-state index is 0.367. The summed E-state index contributed by atoms with van der Waals surface area (Å²) < 4.78 is 0. The zero-order valence-electron chi connectivity index (χ0n) is 5.38. The van der Waals surface area contributed by atoms with Crippen LogP contribution in [0.5, 0.6) is 0 Å². The SMILES string of the molecule is C[Si](Cl)C(C)(C)C. The first kappa shape index (κ1) is 7.51. The van der Waals surface area contributed by atoms with Crippen LogP contribution in [0.25, 0.3) is 0 Å². The average Bonchev–Trinajstić information content (AvgIpc) is 1.31. The molecule has 0 rings (SSSR count). The lowest BCUT2D eigenvalue weighted by molar-refractivity contribution is 0.751. The molecular formula is C5H12ClSi. The first-order valence-electron chi connectivity index (χ1n) is 2.44. The van der Waals surface area contributed by atoms with Crippen LogP contribution in [0.3, 0.4) is 0 Å². The molecule has 0 fully saturated rings. The van der Waals surface area contributed by atoms with Crippen LogP contribution in [0.4, 0.5) is 0 Å². The zero-order valence-corrected chi connectivity index (χ0v) is 7.13. The highest BCUT2D eigenvalue weighted by Crippen LogP contribution is 2.28. The van der Waals surface area contributed by atoms with Crippen molar-refractivity contribution in [2.75, 3.05) is 0 Å². The highest BCUT2D eigenvalue weighted by Gasteiger charge is 2.18. The lowest BCUT2D eigenvalue weighted by Gasteiger charge is -2.18. The lowest BCUT2D eigenvalue weighted by Crippen LogP contribution is -2.13. The monoisotopic (exact) mass is 135 g/mol. The molecule has 0 aromatic carbocycles. The first-order valence-corrected chi connectivity index (χ1v) is 5.45. The van der Waals surface area contributed by atoms with Crippen molar-refractivity contribution in [1.82, 2.24) is 0 Å². The second kappa shape index (κ2) is 2.18. The van der Waals surface area contributed by atoms with Crippen molar-refractivity contribution in [3.8, 4) is 0 Å². The van der Waals surface area contributed by atoms with E-state index in [1.54, 1.807) is 0 Å². The van der Waals surface area contributed by atoms with Crippen LogP contribution in [0.2, 0.25) is 11.6 Å². The fourth-order valence-electron chi connectivity index (χ4n) is 0. The van der Waals surface area contributed by atoms with Gasteiger partial charge in [-0.3, -0.25) is 0 Å². The molecule has 0 aliphatic rings. The topological polar surface area (TPSA) is 0 Å². The highest BCUT2D eigenvalue weighted by molar-refractivity contribution is 7.07. The molecule has 0 N–H and O–H groups in total. The molecule has 0 atom stereocenters. The van der Waals surface area contributed by atoms with Gasteiger partial charge in [-0.25, -0.2) is 0 Å². The molecule has 0 aromatic rings. The molecule has 0 aliphatic heterocycles. The summed E-state index contributed by atoms with van der Waals surface area (Å²) in [6.45, 7) is 8.64. The maximum atomic E-state index is 5.86. The van der Waals surface area contributed by atoms with Gasteiger partial charge in [-0.2, -0.15) is 11.1 Å². The Morgan fingerprint density at radius 2 is 1.43 bits per heavy atom. The van der Waals surface area contributed by atoms with Crippen molar-refractivity contribution < 1.29 is 0 Å². The number of hydrogen-bond donors (Lipinski definition) is 0. The molecule has 0 bridgehead atoms. The summed E-state index contributed by atoms with van der Waals surface area (Å²) in [7, 11) is -0.578. The molecule has 43 valence electrons. The molecule has 0 amide bonds. The van der Waals surface area contributed by atoms with Gasteiger partial charge in [-0.1, -0.05) is 27.3 Å². The summed E-state index contributed by atoms with van der Waals surface area (Å²) in [5, 5.41) is 0.367. The molecule has 1 radical (unpaired) electrons. The number of halogens is 1. The van der Waals surface area contributed by atoms with Crippen molar-refractivity contribution >= 4 is 19.2 Å². The van der Waals surface area contributed by atoms with E-state index in [0.29, 0.717) is 5.04 Å². The van der Waals surface area contributed by atoms with E-state index in [1.165, 1.54) is 0 Å². The molecule has 0 heterocycles. The van der Waals surface area contributed by atoms with E-state index in [1.807, 2.05) is 0 Å². The van der Waals surface area contributed by atoms with Gasteiger partial charge in [0.25, 0.3) is 0 Å². The van der Waals surface area contributed by atoms with Crippen LogP contribution in [-0.2, 0) is 0 Å². The normalized spacial score (nSPS) is 12.9. The Bertz CT molecular complexity index is 53.6. The smallest absolute Gasteiger partial charge is 0.167 e. The predicted molar refractivity (Wildman–Crippen MR) is 37.2 cm³/mol. The third-order valence-corrected chi connectivity index (χ3v) is 4.80. The first-order chi connectivity index (χ1) is 2.94. The Labute approximate surface area is 52.2 Å². The van der Waals surface area contributed by atoms with Crippen LogP contribution in [0.15, 0.2) is 0 Å². The standard InChI is InChI=1S/C5H12ClSi/c1-5(2,3)7(4)6/h1-4H3. The Kier molecular flexibility index (Phi) is 2.34. The second-order valence-electron chi connectivity index (χ2n) is 2.78. The Morgan fingerprint density at radius 1 is 1.29 bits per heavy atom. The van der Waals surface area contributed by atoms with Crippen molar-refractivity contribution in [3.05, 3.63) is 0 Å². The maximum absolute atomic E-state index is 5.86. The number of rotatable bonds is 0. The Hall–Kier alpha value is 0.507. The Balaban J connectivity index is 3.54. The molecule has 0 saturated heterocycles. The van der Waals surface area contributed by atoms with Gasteiger partial charge in [-0.15, -0.1) is 0 Å². The van der Waals surface area contributed by atoms with Gasteiger partial charge >= 0.3 is 0 Å². The van der Waals surface area contributed by atoms with Crippen LogP contribution in [0, 0.1) is 0 Å². The van der Waals surface area contributed by atoms with E-state index < -0.39 is 8.11 Å². The molecule has 0 aliphatic carbocycles. The summed E-state index contributed by atoms with van der Waals surface area (Å²) >= 11 is 5.86. The third-order valence-electron chi connectivity index (χ3n) is 1.03. The molecule has 0 spiro atoms. The molecule has 0 nitrogen and oxygen atoms in total. The van der Waals surface area contributed by atoms with Gasteiger partial charge in [0.2, 0.25) is 0 Å². The minimum atomic E-state index is -0.578. The third kappa shape index (κ3) is 3.12. The fourth-order valence-corrected chi connectivity index (χ4v) is 0. The van der Waals surface area contributed by atoms with Crippen molar-refractivity contribution in [2.45, 2.75) is 32.4 Å². The maximum Gasteiger partial charge on any atom is 0.167 e. The van der Waals surface area contributed by atoms with Gasteiger partial charge < -0.3 is 0 Å². The predicted octanol–water partition coefficient (Wildman–Crippen LogP) is 2.65. The van der Waals surface area contributed by atoms with Crippen molar-refractivity contribution in [2.24, 2.45) is 0 Å². The molecule has 0 unspecified atom stereocenters. The Morgan fingerprint density at radius 3 is 1.43 bits per heavy atom. The molecule has 2 heteroatoms. The van der Waals surface area contributed by atoms with E-state index in [4.69, 9.17) is 11.1 Å². The van der Waals surface area contributed by atoms with E-state index in [2.05, 4.69) is 27.3 Å². The minimum Gasteiger partial charge on any atom is -0.169 e. The van der Waals surface area contributed by atoms with Gasteiger partial charge in [0.1, 0.15) is 0 Å². The van der Waals surface area contributed by atoms with Gasteiger partial charge in [-0.05, 0) is 5.04 Å². The largest absolute Gasteiger partial charge is 0.169 e. The summed E-state index contributed by atoms with van der Waals surface area (Å²) in [6, 6.07) is 0.